The normalized spacial score (nSPS) is 7.50. The zero-order chi connectivity index (χ0) is 8.24. The van der Waals surface area contributed by atoms with Gasteiger partial charge in [-0.1, -0.05) is 0 Å². The highest BCUT2D eigenvalue weighted by Gasteiger charge is 1.72. The van der Waals surface area contributed by atoms with Crippen LogP contribution in [0.5, 0.6) is 0 Å². The Bertz CT molecular complexity index is 54.0. The van der Waals surface area contributed by atoms with Gasteiger partial charge in [-0.2, -0.15) is 0 Å². The van der Waals surface area contributed by atoms with Crippen molar-refractivity contribution in [3.63, 3.8) is 0 Å². The van der Waals surface area contributed by atoms with Crippen molar-refractivity contribution in [3.8, 4) is 0 Å². The molecule has 5 nitrogen and oxygen atoms in total. The van der Waals surface area contributed by atoms with E-state index in [9.17, 15) is 4.79 Å². The fraction of sp³-hybridized carbons (Fsp3) is 0.800. The predicted molar refractivity (Wildman–Crippen MR) is 33.3 cm³/mol. The molecule has 0 rings (SSSR count). The van der Waals surface area contributed by atoms with E-state index in [0.717, 1.165) is 0 Å². The average Bonchev–Trinajstić information content (AvgIpc) is 2.01. The lowest BCUT2D eigenvalue weighted by molar-refractivity contribution is -0.129. The molecule has 0 fully saturated rings. The molecule has 0 aromatic rings. The molecular weight excluding hydrogens is 140 g/mol. The molecule has 0 atom stereocenters. The van der Waals surface area contributed by atoms with Crippen LogP contribution in [0.3, 0.4) is 0 Å². The Morgan fingerprint density at radius 3 is 1.70 bits per heavy atom. The molecule has 0 saturated carbocycles. The van der Waals surface area contributed by atoms with E-state index in [4.69, 9.17) is 15.3 Å². The Morgan fingerprint density at radius 2 is 1.60 bits per heavy atom. The molecule has 5 heteroatoms. The second-order valence-electron chi connectivity index (χ2n) is 1.14. The first-order chi connectivity index (χ1) is 4.83. The Morgan fingerprint density at radius 1 is 1.10 bits per heavy atom. The summed E-state index contributed by atoms with van der Waals surface area (Å²) >= 11 is 0. The molecule has 0 aliphatic heterocycles. The topological polar surface area (TPSA) is 87.0 Å². The number of carbonyl (C=O) groups is 1. The van der Waals surface area contributed by atoms with Crippen LogP contribution < -0.4 is 0 Å². The number of hydrogen-bond acceptors (Lipinski definition) is 5. The standard InChI is InChI=1S/C3H6O3.C2H6O2/c4-1-2-6-3-5;3-1-2-4/h3-4H,1-2H2;3-4H,1-2H2. The van der Waals surface area contributed by atoms with Crippen LogP contribution in [-0.2, 0) is 9.53 Å². The minimum atomic E-state index is -0.125. The summed E-state index contributed by atoms with van der Waals surface area (Å²) in [6.07, 6.45) is 0. The molecule has 3 N–H and O–H groups in total. The van der Waals surface area contributed by atoms with Gasteiger partial charge in [0.05, 0.1) is 19.8 Å². The maximum atomic E-state index is 9.23. The van der Waals surface area contributed by atoms with E-state index in [0.29, 0.717) is 6.47 Å². The van der Waals surface area contributed by atoms with E-state index in [-0.39, 0.29) is 26.4 Å². The van der Waals surface area contributed by atoms with Gasteiger partial charge in [0.2, 0.25) is 0 Å². The largest absolute Gasteiger partial charge is 0.465 e. The lowest BCUT2D eigenvalue weighted by atomic mass is 10.8. The van der Waals surface area contributed by atoms with Gasteiger partial charge in [-0.3, -0.25) is 4.79 Å². The molecule has 0 radical (unpaired) electrons. The van der Waals surface area contributed by atoms with Crippen LogP contribution in [0, 0.1) is 0 Å². The third-order valence-corrected chi connectivity index (χ3v) is 0.377. The van der Waals surface area contributed by atoms with Crippen molar-refractivity contribution >= 4 is 6.47 Å². The molecule has 0 aliphatic carbocycles. The fourth-order valence-electron chi connectivity index (χ4n) is 0.101. The number of aliphatic hydroxyl groups is 3. The highest BCUT2D eigenvalue weighted by Crippen LogP contribution is 1.58. The lowest BCUT2D eigenvalue weighted by Gasteiger charge is -1.86. The molecule has 0 aromatic carbocycles. The van der Waals surface area contributed by atoms with Crippen LogP contribution >= 0.6 is 0 Å². The fourth-order valence-corrected chi connectivity index (χ4v) is 0.101. The van der Waals surface area contributed by atoms with E-state index in [1.54, 1.807) is 0 Å². The summed E-state index contributed by atoms with van der Waals surface area (Å²) in [4.78, 5) is 9.23. The lowest BCUT2D eigenvalue weighted by Crippen LogP contribution is -1.95. The van der Waals surface area contributed by atoms with Crippen molar-refractivity contribution in [3.05, 3.63) is 0 Å². The molecule has 0 bridgehead atoms. The number of rotatable bonds is 4. The first-order valence-electron chi connectivity index (χ1n) is 2.71. The Kier molecular flexibility index (Phi) is 19.0. The monoisotopic (exact) mass is 152 g/mol. The van der Waals surface area contributed by atoms with E-state index in [1.807, 2.05) is 0 Å². The molecule has 0 aromatic heterocycles. The minimum Gasteiger partial charge on any atom is -0.465 e. The average molecular weight is 152 g/mol. The number of aliphatic hydroxyl groups excluding tert-OH is 3. The molecular formula is C5H12O5. The van der Waals surface area contributed by atoms with Crippen LogP contribution in [0.15, 0.2) is 0 Å². The van der Waals surface area contributed by atoms with Gasteiger partial charge in [0.25, 0.3) is 6.47 Å². The van der Waals surface area contributed by atoms with Crippen molar-refractivity contribution in [2.24, 2.45) is 0 Å². The second kappa shape index (κ2) is 15.8. The first-order valence-corrected chi connectivity index (χ1v) is 2.71. The van der Waals surface area contributed by atoms with Gasteiger partial charge in [-0.15, -0.1) is 0 Å². The maximum Gasteiger partial charge on any atom is 0.293 e. The predicted octanol–water partition coefficient (Wildman–Crippen LogP) is -1.88. The SMILES string of the molecule is O=COCCO.OCCO. The van der Waals surface area contributed by atoms with Crippen molar-refractivity contribution in [2.45, 2.75) is 0 Å². The minimum absolute atomic E-state index is 0.0985. The molecule has 0 unspecified atom stereocenters. The summed E-state index contributed by atoms with van der Waals surface area (Å²) in [5.74, 6) is 0. The molecule has 0 heterocycles. The molecule has 10 heavy (non-hydrogen) atoms. The van der Waals surface area contributed by atoms with Crippen LogP contribution in [0.2, 0.25) is 0 Å². The Hall–Kier alpha value is -0.650. The van der Waals surface area contributed by atoms with E-state index < -0.39 is 0 Å². The highest BCUT2D eigenvalue weighted by atomic mass is 16.5. The van der Waals surface area contributed by atoms with Gasteiger partial charge in [0.15, 0.2) is 0 Å². The zero-order valence-electron chi connectivity index (χ0n) is 5.56. The smallest absolute Gasteiger partial charge is 0.293 e. The molecule has 62 valence electrons. The Labute approximate surface area is 58.9 Å². The van der Waals surface area contributed by atoms with E-state index in [1.165, 1.54) is 0 Å². The zero-order valence-corrected chi connectivity index (χ0v) is 5.56. The molecule has 0 spiro atoms. The van der Waals surface area contributed by atoms with Gasteiger partial charge >= 0.3 is 0 Å². The van der Waals surface area contributed by atoms with Crippen LogP contribution in [0.25, 0.3) is 0 Å². The van der Waals surface area contributed by atoms with Crippen molar-refractivity contribution in [1.29, 1.82) is 0 Å². The van der Waals surface area contributed by atoms with Crippen LogP contribution in [-0.4, -0.2) is 48.2 Å². The van der Waals surface area contributed by atoms with Crippen molar-refractivity contribution in [2.75, 3.05) is 26.4 Å². The molecule has 0 saturated heterocycles. The third-order valence-electron chi connectivity index (χ3n) is 0.377. The van der Waals surface area contributed by atoms with Gasteiger partial charge in [0, 0.05) is 0 Å². The van der Waals surface area contributed by atoms with Crippen molar-refractivity contribution < 1.29 is 24.9 Å². The number of hydrogen-bond donors (Lipinski definition) is 3. The van der Waals surface area contributed by atoms with Gasteiger partial charge < -0.3 is 20.1 Å². The van der Waals surface area contributed by atoms with Crippen LogP contribution in [0.1, 0.15) is 0 Å². The summed E-state index contributed by atoms with van der Waals surface area (Å²) in [5, 5.41) is 23.2. The second-order valence-corrected chi connectivity index (χ2v) is 1.14. The van der Waals surface area contributed by atoms with E-state index >= 15 is 0 Å². The summed E-state index contributed by atoms with van der Waals surface area (Å²) in [7, 11) is 0. The first kappa shape index (κ1) is 12.1. The van der Waals surface area contributed by atoms with Gasteiger partial charge in [-0.05, 0) is 0 Å². The maximum absolute atomic E-state index is 9.23. The van der Waals surface area contributed by atoms with Crippen LogP contribution in [0.4, 0.5) is 0 Å². The quantitative estimate of drug-likeness (QED) is 0.324. The highest BCUT2D eigenvalue weighted by molar-refractivity contribution is 5.36. The summed E-state index contributed by atoms with van der Waals surface area (Å²) in [5.41, 5.74) is 0. The molecule has 0 amide bonds. The molecule has 0 aliphatic rings. The summed E-state index contributed by atoms with van der Waals surface area (Å²) in [6, 6.07) is 0. The summed E-state index contributed by atoms with van der Waals surface area (Å²) < 4.78 is 4.05. The number of carbonyl (C=O) groups excluding carboxylic acids is 1. The summed E-state index contributed by atoms with van der Waals surface area (Å²) in [6.45, 7) is 0.0540. The van der Waals surface area contributed by atoms with Crippen molar-refractivity contribution in [1.82, 2.24) is 0 Å². The van der Waals surface area contributed by atoms with Gasteiger partial charge in [-0.25, -0.2) is 0 Å². The Balaban J connectivity index is 0. The number of ether oxygens (including phenoxy) is 1. The third kappa shape index (κ3) is 26.4. The van der Waals surface area contributed by atoms with E-state index in [2.05, 4.69) is 4.74 Å². The van der Waals surface area contributed by atoms with Gasteiger partial charge in [0.1, 0.15) is 6.61 Å².